The van der Waals surface area contributed by atoms with Crippen molar-refractivity contribution in [3.63, 3.8) is 0 Å². The third-order valence-corrected chi connectivity index (χ3v) is 5.04. The summed E-state index contributed by atoms with van der Waals surface area (Å²) >= 11 is 0. The van der Waals surface area contributed by atoms with Crippen LogP contribution in [0.4, 0.5) is 5.82 Å². The van der Waals surface area contributed by atoms with Crippen LogP contribution in [0.3, 0.4) is 0 Å². The fourth-order valence-electron chi connectivity index (χ4n) is 3.73. The molecule has 1 atom stereocenters. The predicted molar refractivity (Wildman–Crippen MR) is 101 cm³/mol. The molecule has 1 aliphatic heterocycles. The van der Waals surface area contributed by atoms with Crippen molar-refractivity contribution in [1.29, 1.82) is 0 Å². The van der Waals surface area contributed by atoms with E-state index in [9.17, 15) is 0 Å². The van der Waals surface area contributed by atoms with Gasteiger partial charge in [-0.05, 0) is 30.9 Å². The summed E-state index contributed by atoms with van der Waals surface area (Å²) in [6.07, 6.45) is 5.72. The molecule has 0 amide bonds. The normalized spacial score (nSPS) is 17.5. The van der Waals surface area contributed by atoms with Crippen molar-refractivity contribution in [3.8, 4) is 11.4 Å². The molecule has 4 heterocycles. The topological polar surface area (TPSA) is 77.0 Å². The van der Waals surface area contributed by atoms with Crippen molar-refractivity contribution in [2.24, 2.45) is 5.92 Å². The first-order valence-electron chi connectivity index (χ1n) is 9.22. The minimum absolute atomic E-state index is 0.535. The Hall–Kier alpha value is -3.29. The maximum atomic E-state index is 4.85. The molecule has 5 rings (SSSR count). The standard InChI is InChI=1S/C19H20N8/c1-2-6-16(7-3-1)19-23-22-17-8-9-18(24-27(17)19)25-10-4-5-15(11-25)12-26-14-20-13-21-26/h1-3,6-9,13-15H,4-5,10-12H2. The zero-order valence-corrected chi connectivity index (χ0v) is 14.9. The summed E-state index contributed by atoms with van der Waals surface area (Å²) in [6.45, 7) is 2.86. The highest BCUT2D eigenvalue weighted by Gasteiger charge is 2.22. The van der Waals surface area contributed by atoms with Gasteiger partial charge in [0.15, 0.2) is 11.5 Å². The van der Waals surface area contributed by atoms with Gasteiger partial charge in [0.2, 0.25) is 0 Å². The molecule has 27 heavy (non-hydrogen) atoms. The third-order valence-electron chi connectivity index (χ3n) is 5.04. The maximum Gasteiger partial charge on any atom is 0.185 e. The highest BCUT2D eigenvalue weighted by Crippen LogP contribution is 2.24. The Kier molecular flexibility index (Phi) is 4.00. The molecule has 8 nitrogen and oxygen atoms in total. The molecular formula is C19H20N8. The SMILES string of the molecule is c1ccc(-c2nnc3ccc(N4CCCC(Cn5cncn5)C4)nn23)cc1. The summed E-state index contributed by atoms with van der Waals surface area (Å²) < 4.78 is 3.75. The fourth-order valence-corrected chi connectivity index (χ4v) is 3.73. The molecule has 136 valence electrons. The van der Waals surface area contributed by atoms with Crippen molar-refractivity contribution in [3.05, 3.63) is 55.1 Å². The Balaban J connectivity index is 1.42. The Bertz CT molecular complexity index is 1020. The molecule has 3 aromatic heterocycles. The molecule has 1 saturated heterocycles. The van der Waals surface area contributed by atoms with E-state index in [0.29, 0.717) is 5.92 Å². The van der Waals surface area contributed by atoms with Gasteiger partial charge >= 0.3 is 0 Å². The number of hydrogen-bond donors (Lipinski definition) is 0. The Labute approximate surface area is 156 Å². The quantitative estimate of drug-likeness (QED) is 0.556. The Morgan fingerprint density at radius 3 is 2.81 bits per heavy atom. The molecular weight excluding hydrogens is 340 g/mol. The van der Waals surface area contributed by atoms with Crippen LogP contribution in [-0.4, -0.2) is 47.7 Å². The van der Waals surface area contributed by atoms with Crippen LogP contribution in [0.25, 0.3) is 17.0 Å². The van der Waals surface area contributed by atoms with Gasteiger partial charge in [-0.15, -0.1) is 15.3 Å². The first kappa shape index (κ1) is 15.9. The minimum atomic E-state index is 0.535. The minimum Gasteiger partial charge on any atom is -0.355 e. The number of fused-ring (bicyclic) bond motifs is 1. The van der Waals surface area contributed by atoms with E-state index in [1.807, 2.05) is 51.7 Å². The van der Waals surface area contributed by atoms with Crippen LogP contribution in [0.2, 0.25) is 0 Å². The summed E-state index contributed by atoms with van der Waals surface area (Å²) in [7, 11) is 0. The van der Waals surface area contributed by atoms with Crippen molar-refractivity contribution < 1.29 is 0 Å². The number of rotatable bonds is 4. The van der Waals surface area contributed by atoms with E-state index in [1.54, 1.807) is 12.7 Å². The molecule has 0 bridgehead atoms. The molecule has 0 saturated carbocycles. The van der Waals surface area contributed by atoms with Crippen LogP contribution in [0.15, 0.2) is 55.1 Å². The van der Waals surface area contributed by atoms with E-state index < -0.39 is 0 Å². The van der Waals surface area contributed by atoms with Gasteiger partial charge < -0.3 is 4.90 Å². The first-order chi connectivity index (χ1) is 13.4. The van der Waals surface area contributed by atoms with Gasteiger partial charge in [0, 0.05) is 25.2 Å². The first-order valence-corrected chi connectivity index (χ1v) is 9.22. The largest absolute Gasteiger partial charge is 0.355 e. The lowest BCUT2D eigenvalue weighted by Gasteiger charge is -2.33. The molecule has 0 aliphatic carbocycles. The molecule has 8 heteroatoms. The van der Waals surface area contributed by atoms with Crippen molar-refractivity contribution in [2.75, 3.05) is 18.0 Å². The van der Waals surface area contributed by atoms with Gasteiger partial charge in [0.25, 0.3) is 0 Å². The van der Waals surface area contributed by atoms with Crippen molar-refractivity contribution in [1.82, 2.24) is 34.6 Å². The molecule has 1 unspecified atom stereocenters. The van der Waals surface area contributed by atoms with Crippen LogP contribution in [0.5, 0.6) is 0 Å². The third kappa shape index (κ3) is 3.14. The lowest BCUT2D eigenvalue weighted by atomic mass is 9.98. The van der Waals surface area contributed by atoms with Crippen LogP contribution in [-0.2, 0) is 6.54 Å². The summed E-state index contributed by atoms with van der Waals surface area (Å²) in [5.41, 5.74) is 1.77. The smallest absolute Gasteiger partial charge is 0.185 e. The summed E-state index contributed by atoms with van der Waals surface area (Å²) in [5.74, 6) is 2.26. The second-order valence-corrected chi connectivity index (χ2v) is 6.92. The van der Waals surface area contributed by atoms with Gasteiger partial charge in [-0.2, -0.15) is 9.61 Å². The highest BCUT2D eigenvalue weighted by molar-refractivity contribution is 5.59. The Morgan fingerprint density at radius 2 is 1.96 bits per heavy atom. The van der Waals surface area contributed by atoms with Gasteiger partial charge in [-0.1, -0.05) is 30.3 Å². The summed E-state index contributed by atoms with van der Waals surface area (Å²) in [6, 6.07) is 14.1. The number of piperidine rings is 1. The van der Waals surface area contributed by atoms with E-state index in [-0.39, 0.29) is 0 Å². The molecule has 4 aromatic rings. The fraction of sp³-hybridized carbons (Fsp3) is 0.316. The van der Waals surface area contributed by atoms with Gasteiger partial charge in [-0.3, -0.25) is 4.68 Å². The molecule has 1 fully saturated rings. The predicted octanol–water partition coefficient (Wildman–Crippen LogP) is 2.30. The van der Waals surface area contributed by atoms with E-state index in [4.69, 9.17) is 5.10 Å². The molecule has 1 aliphatic rings. The van der Waals surface area contributed by atoms with Crippen LogP contribution >= 0.6 is 0 Å². The lowest BCUT2D eigenvalue weighted by Crippen LogP contribution is -2.37. The van der Waals surface area contributed by atoms with Gasteiger partial charge in [0.1, 0.15) is 18.5 Å². The number of nitrogens with zero attached hydrogens (tertiary/aromatic N) is 8. The summed E-state index contributed by atoms with van der Waals surface area (Å²) in [4.78, 5) is 6.39. The number of benzene rings is 1. The van der Waals surface area contributed by atoms with Crippen LogP contribution < -0.4 is 4.90 Å². The molecule has 0 N–H and O–H groups in total. The van der Waals surface area contributed by atoms with E-state index in [1.165, 1.54) is 6.42 Å². The zero-order valence-electron chi connectivity index (χ0n) is 14.9. The van der Waals surface area contributed by atoms with Crippen LogP contribution in [0, 0.1) is 5.92 Å². The molecule has 1 aromatic carbocycles. The van der Waals surface area contributed by atoms with E-state index in [0.717, 1.165) is 48.9 Å². The van der Waals surface area contributed by atoms with E-state index in [2.05, 4.69) is 25.2 Å². The van der Waals surface area contributed by atoms with E-state index >= 15 is 0 Å². The summed E-state index contributed by atoms with van der Waals surface area (Å²) in [5, 5.41) is 17.7. The number of aromatic nitrogens is 7. The average molecular weight is 360 g/mol. The molecule has 0 spiro atoms. The highest BCUT2D eigenvalue weighted by atomic mass is 15.4. The van der Waals surface area contributed by atoms with Gasteiger partial charge in [0.05, 0.1) is 0 Å². The monoisotopic (exact) mass is 360 g/mol. The van der Waals surface area contributed by atoms with Crippen molar-refractivity contribution in [2.45, 2.75) is 19.4 Å². The number of anilines is 1. The number of hydrogen-bond acceptors (Lipinski definition) is 6. The Morgan fingerprint density at radius 1 is 1.04 bits per heavy atom. The second kappa shape index (κ2) is 6.79. The lowest BCUT2D eigenvalue weighted by molar-refractivity contribution is 0.350. The van der Waals surface area contributed by atoms with Crippen molar-refractivity contribution >= 4 is 11.5 Å². The van der Waals surface area contributed by atoms with Crippen LogP contribution in [0.1, 0.15) is 12.8 Å². The van der Waals surface area contributed by atoms with Gasteiger partial charge in [-0.25, -0.2) is 4.98 Å². The maximum absolute atomic E-state index is 4.85. The second-order valence-electron chi connectivity index (χ2n) is 6.92. The molecule has 0 radical (unpaired) electrons. The zero-order chi connectivity index (χ0) is 18.1. The average Bonchev–Trinajstić information content (AvgIpc) is 3.38.